The number of halogens is 3. The Labute approximate surface area is 249 Å². The van der Waals surface area contributed by atoms with Gasteiger partial charge < -0.3 is 24.1 Å². The fraction of sp³-hybridized carbons (Fsp3) is 0.441. The third-order valence-corrected chi connectivity index (χ3v) is 8.16. The number of ether oxygens (including phenoxy) is 4. The summed E-state index contributed by atoms with van der Waals surface area (Å²) in [6, 6.07) is 11.5. The third kappa shape index (κ3) is 6.77. The van der Waals surface area contributed by atoms with Gasteiger partial charge in [-0.2, -0.15) is 13.2 Å². The smallest absolute Gasteiger partial charge is 0.416 e. The van der Waals surface area contributed by atoms with Gasteiger partial charge in [0.2, 0.25) is 0 Å². The second kappa shape index (κ2) is 11.8. The number of methoxy groups -OCH3 is 1. The Kier molecular flexibility index (Phi) is 8.40. The summed E-state index contributed by atoms with van der Waals surface area (Å²) in [5.41, 5.74) is 3.59. The number of carbonyl (C=O) groups is 1. The molecule has 0 amide bonds. The zero-order valence-electron chi connectivity index (χ0n) is 25.1. The normalized spacial score (nSPS) is 17.7. The maximum Gasteiger partial charge on any atom is 0.416 e. The lowest BCUT2D eigenvalue weighted by Crippen LogP contribution is -2.21. The molecule has 6 nitrogen and oxygen atoms in total. The van der Waals surface area contributed by atoms with Crippen LogP contribution in [0.25, 0.3) is 11.1 Å². The summed E-state index contributed by atoms with van der Waals surface area (Å²) >= 11 is 0. The van der Waals surface area contributed by atoms with Gasteiger partial charge in [-0.25, -0.2) is 0 Å². The molecule has 2 atom stereocenters. The molecule has 230 valence electrons. The summed E-state index contributed by atoms with van der Waals surface area (Å²) in [6.07, 6.45) is -3.35. The zero-order chi connectivity index (χ0) is 31.1. The minimum atomic E-state index is -4.53. The number of esters is 1. The van der Waals surface area contributed by atoms with Crippen LogP contribution < -0.4 is 14.2 Å². The summed E-state index contributed by atoms with van der Waals surface area (Å²) in [4.78, 5) is 11.8. The van der Waals surface area contributed by atoms with Gasteiger partial charge in [-0.15, -0.1) is 0 Å². The molecule has 0 saturated carbocycles. The van der Waals surface area contributed by atoms with Crippen LogP contribution in [0.4, 0.5) is 13.2 Å². The number of benzene rings is 3. The SMILES string of the molecule is COC(=O)CC1COc2cc(O[C@@H]3CCc4c(-c5c(C)cc(OCCC(C)(C)O)cc5C)cc(C(F)(F)F)cc43)ccc21. The molecule has 9 heteroatoms. The van der Waals surface area contributed by atoms with Crippen molar-refractivity contribution in [3.8, 4) is 28.4 Å². The van der Waals surface area contributed by atoms with E-state index in [1.54, 1.807) is 26.0 Å². The second-order valence-electron chi connectivity index (χ2n) is 12.1. The molecule has 1 aliphatic heterocycles. The van der Waals surface area contributed by atoms with Crippen molar-refractivity contribution in [3.63, 3.8) is 0 Å². The summed E-state index contributed by atoms with van der Waals surface area (Å²) in [6.45, 7) is 7.84. The number of aliphatic hydroxyl groups is 1. The van der Waals surface area contributed by atoms with Gasteiger partial charge >= 0.3 is 12.1 Å². The monoisotopic (exact) mass is 598 g/mol. The predicted octanol–water partition coefficient (Wildman–Crippen LogP) is 7.63. The standard InChI is InChI=1S/C34H37F3O6/c1-19-12-24(41-11-10-33(3,4)39)13-20(2)32(19)28-16-22(34(35,36)37)15-27-26(28)8-9-29(27)43-23-6-7-25-21(14-31(38)40-5)18-42-30(25)17-23/h6-7,12-13,15-17,21,29,39H,8-11,14,18H2,1-5H3/t21?,29-/m1/s1. The summed E-state index contributed by atoms with van der Waals surface area (Å²) in [5.74, 6) is 1.27. The van der Waals surface area contributed by atoms with Gasteiger partial charge in [-0.05, 0) is 104 Å². The Morgan fingerprint density at radius 1 is 1.02 bits per heavy atom. The van der Waals surface area contributed by atoms with Gasteiger partial charge in [0, 0.05) is 24.0 Å². The van der Waals surface area contributed by atoms with Crippen LogP contribution in [0.1, 0.15) is 78.5 Å². The molecule has 1 N–H and O–H groups in total. The van der Waals surface area contributed by atoms with Crippen LogP contribution in [0.5, 0.6) is 17.2 Å². The molecule has 1 heterocycles. The summed E-state index contributed by atoms with van der Waals surface area (Å²) in [5, 5.41) is 9.98. The first-order valence-electron chi connectivity index (χ1n) is 14.4. The van der Waals surface area contributed by atoms with Gasteiger partial charge in [0.05, 0.1) is 37.9 Å². The number of aryl methyl sites for hydroxylation is 2. The minimum absolute atomic E-state index is 0.120. The Morgan fingerprint density at radius 2 is 1.74 bits per heavy atom. The molecule has 2 aliphatic rings. The van der Waals surface area contributed by atoms with Crippen LogP contribution in [0, 0.1) is 13.8 Å². The number of fused-ring (bicyclic) bond motifs is 2. The van der Waals surface area contributed by atoms with Gasteiger partial charge in [-0.1, -0.05) is 6.07 Å². The average Bonchev–Trinajstić information content (AvgIpc) is 3.50. The molecule has 1 unspecified atom stereocenters. The maximum absolute atomic E-state index is 14.2. The number of hydrogen-bond acceptors (Lipinski definition) is 6. The molecule has 1 aliphatic carbocycles. The third-order valence-electron chi connectivity index (χ3n) is 8.16. The predicted molar refractivity (Wildman–Crippen MR) is 156 cm³/mol. The minimum Gasteiger partial charge on any atom is -0.493 e. The van der Waals surface area contributed by atoms with Gasteiger partial charge in [0.25, 0.3) is 0 Å². The Morgan fingerprint density at radius 3 is 2.40 bits per heavy atom. The fourth-order valence-corrected chi connectivity index (χ4v) is 6.00. The first-order valence-corrected chi connectivity index (χ1v) is 14.4. The average molecular weight is 599 g/mol. The van der Waals surface area contributed by atoms with Crippen molar-refractivity contribution in [2.45, 2.75) is 77.2 Å². The van der Waals surface area contributed by atoms with Gasteiger partial charge in [-0.3, -0.25) is 4.79 Å². The Hall–Kier alpha value is -3.72. The van der Waals surface area contributed by atoms with E-state index in [0.29, 0.717) is 60.9 Å². The van der Waals surface area contributed by atoms with E-state index in [-0.39, 0.29) is 18.3 Å². The highest BCUT2D eigenvalue weighted by Gasteiger charge is 2.36. The molecule has 0 fully saturated rings. The Bertz CT molecular complexity index is 1500. The van der Waals surface area contributed by atoms with Crippen molar-refractivity contribution in [3.05, 3.63) is 75.8 Å². The van der Waals surface area contributed by atoms with Crippen molar-refractivity contribution in [1.29, 1.82) is 0 Å². The van der Waals surface area contributed by atoms with Gasteiger partial charge in [0.15, 0.2) is 0 Å². The number of hydrogen-bond donors (Lipinski definition) is 1. The van der Waals surface area contributed by atoms with Crippen LogP contribution in [-0.2, 0) is 22.1 Å². The highest BCUT2D eigenvalue weighted by molar-refractivity contribution is 5.77. The van der Waals surface area contributed by atoms with E-state index >= 15 is 0 Å². The van der Waals surface area contributed by atoms with Crippen LogP contribution in [0.15, 0.2) is 42.5 Å². The van der Waals surface area contributed by atoms with Gasteiger partial charge in [0.1, 0.15) is 23.4 Å². The molecule has 0 bridgehead atoms. The van der Waals surface area contributed by atoms with Crippen LogP contribution in [-0.4, -0.2) is 37.0 Å². The summed E-state index contributed by atoms with van der Waals surface area (Å²) < 4.78 is 65.3. The second-order valence-corrected chi connectivity index (χ2v) is 12.1. The van der Waals surface area contributed by atoms with E-state index in [4.69, 9.17) is 18.9 Å². The van der Waals surface area contributed by atoms with Crippen LogP contribution in [0.2, 0.25) is 0 Å². The number of alkyl halides is 3. The van der Waals surface area contributed by atoms with E-state index in [1.165, 1.54) is 19.2 Å². The molecule has 5 rings (SSSR count). The molecule has 0 saturated heterocycles. The number of carbonyl (C=O) groups excluding carboxylic acids is 1. The highest BCUT2D eigenvalue weighted by atomic mass is 19.4. The molecule has 3 aromatic carbocycles. The first-order chi connectivity index (χ1) is 20.2. The lowest BCUT2D eigenvalue weighted by atomic mass is 9.88. The van der Waals surface area contributed by atoms with Crippen LogP contribution in [0.3, 0.4) is 0 Å². The fourth-order valence-electron chi connectivity index (χ4n) is 6.00. The number of rotatable bonds is 9. The van der Waals surface area contributed by atoms with Crippen molar-refractivity contribution < 1.29 is 42.0 Å². The lowest BCUT2D eigenvalue weighted by Gasteiger charge is -2.21. The van der Waals surface area contributed by atoms with Crippen LogP contribution >= 0.6 is 0 Å². The largest absolute Gasteiger partial charge is 0.493 e. The van der Waals surface area contributed by atoms with E-state index in [0.717, 1.165) is 27.8 Å². The van der Waals surface area contributed by atoms with E-state index in [1.807, 2.05) is 32.0 Å². The molecule has 43 heavy (non-hydrogen) atoms. The maximum atomic E-state index is 14.2. The molecule has 0 radical (unpaired) electrons. The lowest BCUT2D eigenvalue weighted by molar-refractivity contribution is -0.141. The van der Waals surface area contributed by atoms with E-state index < -0.39 is 23.4 Å². The van der Waals surface area contributed by atoms with E-state index in [9.17, 15) is 23.1 Å². The molecular formula is C34H37F3O6. The quantitative estimate of drug-likeness (QED) is 0.255. The summed E-state index contributed by atoms with van der Waals surface area (Å²) in [7, 11) is 1.35. The van der Waals surface area contributed by atoms with Crippen molar-refractivity contribution in [1.82, 2.24) is 0 Å². The topological polar surface area (TPSA) is 74.2 Å². The molecule has 0 aromatic heterocycles. The Balaban J connectivity index is 1.45. The molecular weight excluding hydrogens is 561 g/mol. The highest BCUT2D eigenvalue weighted by Crippen LogP contribution is 2.47. The van der Waals surface area contributed by atoms with Crippen molar-refractivity contribution >= 4 is 5.97 Å². The van der Waals surface area contributed by atoms with E-state index in [2.05, 4.69) is 0 Å². The zero-order valence-corrected chi connectivity index (χ0v) is 25.1. The molecule has 0 spiro atoms. The molecule has 3 aromatic rings. The van der Waals surface area contributed by atoms with Crippen molar-refractivity contribution in [2.24, 2.45) is 0 Å². The first kappa shape index (κ1) is 30.7. The van der Waals surface area contributed by atoms with Crippen molar-refractivity contribution in [2.75, 3.05) is 20.3 Å².